The molecule has 0 aromatic heterocycles. The third-order valence-electron chi connectivity index (χ3n) is 3.08. The number of carboxylic acid groups (broad SMARTS) is 1. The van der Waals surface area contributed by atoms with Crippen LogP contribution in [-0.2, 0) is 4.79 Å². The molecule has 0 radical (unpaired) electrons. The average Bonchev–Trinajstić information content (AvgIpc) is 2.26. The van der Waals surface area contributed by atoms with Crippen LogP contribution >= 0.6 is 0 Å². The number of rotatable bonds is 8. The third kappa shape index (κ3) is 7.92. The Bertz CT molecular complexity index is 269. The molecule has 0 fully saturated rings. The van der Waals surface area contributed by atoms with E-state index in [1.165, 1.54) is 0 Å². The molecule has 5 heteroatoms. The van der Waals surface area contributed by atoms with Crippen molar-refractivity contribution < 1.29 is 14.7 Å². The van der Waals surface area contributed by atoms with E-state index in [9.17, 15) is 9.59 Å². The second-order valence-corrected chi connectivity index (χ2v) is 4.97. The standard InChI is InChI=1S/C13H26N2O3/c1-5-9(3)7-10(4)14-13(18)15-11(6-2)8-12(16)17/h9-11H,5-8H2,1-4H3,(H,16,17)(H2,14,15,18). The molecule has 0 aromatic rings. The molecule has 3 N–H and O–H groups in total. The van der Waals surface area contributed by atoms with Crippen molar-refractivity contribution in [2.75, 3.05) is 0 Å². The highest BCUT2D eigenvalue weighted by Crippen LogP contribution is 2.09. The average molecular weight is 258 g/mol. The largest absolute Gasteiger partial charge is 0.481 e. The molecule has 0 saturated carbocycles. The van der Waals surface area contributed by atoms with E-state index in [1.54, 1.807) is 0 Å². The summed E-state index contributed by atoms with van der Waals surface area (Å²) in [6, 6.07) is -0.487. The van der Waals surface area contributed by atoms with Crippen LogP contribution in [-0.4, -0.2) is 29.2 Å². The number of aliphatic carboxylic acids is 1. The smallest absolute Gasteiger partial charge is 0.315 e. The normalized spacial score (nSPS) is 15.6. The first kappa shape index (κ1) is 16.7. The summed E-state index contributed by atoms with van der Waals surface area (Å²) in [5.74, 6) is -0.323. The number of urea groups is 1. The Labute approximate surface area is 109 Å². The van der Waals surface area contributed by atoms with E-state index in [2.05, 4.69) is 24.5 Å². The third-order valence-corrected chi connectivity index (χ3v) is 3.08. The maximum atomic E-state index is 11.7. The maximum absolute atomic E-state index is 11.7. The van der Waals surface area contributed by atoms with Crippen molar-refractivity contribution in [3.8, 4) is 0 Å². The van der Waals surface area contributed by atoms with Crippen LogP contribution in [0.1, 0.15) is 53.4 Å². The van der Waals surface area contributed by atoms with Gasteiger partial charge in [-0.05, 0) is 25.7 Å². The molecule has 2 amide bonds. The van der Waals surface area contributed by atoms with Crippen molar-refractivity contribution in [2.24, 2.45) is 5.92 Å². The highest BCUT2D eigenvalue weighted by molar-refractivity contribution is 5.75. The Kier molecular flexibility index (Phi) is 8.16. The molecule has 3 atom stereocenters. The van der Waals surface area contributed by atoms with Crippen LogP contribution in [0.2, 0.25) is 0 Å². The monoisotopic (exact) mass is 258 g/mol. The zero-order valence-electron chi connectivity index (χ0n) is 11.8. The Balaban J connectivity index is 4.04. The summed E-state index contributed by atoms with van der Waals surface area (Å²) in [5.41, 5.74) is 0. The second-order valence-electron chi connectivity index (χ2n) is 4.97. The molecule has 3 unspecified atom stereocenters. The van der Waals surface area contributed by atoms with Crippen molar-refractivity contribution in [3.63, 3.8) is 0 Å². The molecule has 0 aromatic carbocycles. The molecule has 106 valence electrons. The summed E-state index contributed by atoms with van der Waals surface area (Å²) in [6.45, 7) is 8.09. The molecule has 0 spiro atoms. The molecule has 0 heterocycles. The van der Waals surface area contributed by atoms with Crippen LogP contribution in [0.3, 0.4) is 0 Å². The fourth-order valence-electron chi connectivity index (χ4n) is 1.79. The second kappa shape index (κ2) is 8.78. The molecule has 0 bridgehead atoms. The molecule has 0 saturated heterocycles. The van der Waals surface area contributed by atoms with Gasteiger partial charge in [-0.15, -0.1) is 0 Å². The number of hydrogen-bond acceptors (Lipinski definition) is 2. The fraction of sp³-hybridized carbons (Fsp3) is 0.846. The molecule has 0 rings (SSSR count). The Morgan fingerprint density at radius 3 is 2.17 bits per heavy atom. The molecule has 0 aliphatic carbocycles. The van der Waals surface area contributed by atoms with Gasteiger partial charge in [-0.1, -0.05) is 27.2 Å². The number of carbonyl (C=O) groups excluding carboxylic acids is 1. The van der Waals surface area contributed by atoms with Crippen LogP contribution in [0.15, 0.2) is 0 Å². The predicted octanol–water partition coefficient (Wildman–Crippen LogP) is 2.36. The highest BCUT2D eigenvalue weighted by Gasteiger charge is 2.15. The van der Waals surface area contributed by atoms with Gasteiger partial charge in [-0.2, -0.15) is 0 Å². The van der Waals surface area contributed by atoms with Crippen LogP contribution in [0.4, 0.5) is 4.79 Å². The van der Waals surface area contributed by atoms with Gasteiger partial charge >= 0.3 is 12.0 Å². The van der Waals surface area contributed by atoms with E-state index in [1.807, 2.05) is 13.8 Å². The fourth-order valence-corrected chi connectivity index (χ4v) is 1.79. The number of nitrogens with one attached hydrogen (secondary N) is 2. The molecule has 0 aliphatic rings. The summed E-state index contributed by atoms with van der Waals surface area (Å²) in [6.07, 6.45) is 2.59. The number of amides is 2. The lowest BCUT2D eigenvalue weighted by atomic mass is 10.0. The van der Waals surface area contributed by atoms with Crippen molar-refractivity contribution in [1.82, 2.24) is 10.6 Å². The summed E-state index contributed by atoms with van der Waals surface area (Å²) in [4.78, 5) is 22.2. The lowest BCUT2D eigenvalue weighted by Gasteiger charge is -2.20. The molecular formula is C13H26N2O3. The summed E-state index contributed by atoms with van der Waals surface area (Å²) >= 11 is 0. The van der Waals surface area contributed by atoms with E-state index in [4.69, 9.17) is 5.11 Å². The zero-order valence-corrected chi connectivity index (χ0v) is 11.8. The SMILES string of the molecule is CCC(C)CC(C)NC(=O)NC(CC)CC(=O)O. The zero-order chi connectivity index (χ0) is 14.1. The summed E-state index contributed by atoms with van der Waals surface area (Å²) in [7, 11) is 0. The van der Waals surface area contributed by atoms with Crippen LogP contribution in [0.5, 0.6) is 0 Å². The topological polar surface area (TPSA) is 78.4 Å². The Hall–Kier alpha value is -1.26. The van der Waals surface area contributed by atoms with E-state index in [-0.39, 0.29) is 24.5 Å². The van der Waals surface area contributed by atoms with Crippen LogP contribution in [0.25, 0.3) is 0 Å². The minimum absolute atomic E-state index is 0.0380. The van der Waals surface area contributed by atoms with Gasteiger partial charge in [0.2, 0.25) is 0 Å². The first-order valence-electron chi connectivity index (χ1n) is 6.67. The van der Waals surface area contributed by atoms with Crippen LogP contribution < -0.4 is 10.6 Å². The van der Waals surface area contributed by atoms with Crippen molar-refractivity contribution >= 4 is 12.0 Å². The van der Waals surface area contributed by atoms with Gasteiger partial charge in [0.25, 0.3) is 0 Å². The van der Waals surface area contributed by atoms with E-state index >= 15 is 0 Å². The number of hydrogen-bond donors (Lipinski definition) is 3. The number of carboxylic acids is 1. The lowest BCUT2D eigenvalue weighted by molar-refractivity contribution is -0.137. The lowest BCUT2D eigenvalue weighted by Crippen LogP contribution is -2.46. The van der Waals surface area contributed by atoms with Gasteiger partial charge in [0.1, 0.15) is 0 Å². The highest BCUT2D eigenvalue weighted by atomic mass is 16.4. The minimum Gasteiger partial charge on any atom is -0.481 e. The van der Waals surface area contributed by atoms with Crippen molar-refractivity contribution in [1.29, 1.82) is 0 Å². The molecule has 5 nitrogen and oxygen atoms in total. The summed E-state index contributed by atoms with van der Waals surface area (Å²) < 4.78 is 0. The molecular weight excluding hydrogens is 232 g/mol. The Morgan fingerprint density at radius 2 is 1.72 bits per heavy atom. The van der Waals surface area contributed by atoms with E-state index < -0.39 is 5.97 Å². The van der Waals surface area contributed by atoms with Gasteiger partial charge in [-0.3, -0.25) is 4.79 Å². The first-order valence-corrected chi connectivity index (χ1v) is 6.67. The maximum Gasteiger partial charge on any atom is 0.315 e. The molecule has 18 heavy (non-hydrogen) atoms. The van der Waals surface area contributed by atoms with E-state index in [0.29, 0.717) is 12.3 Å². The molecule has 0 aliphatic heterocycles. The van der Waals surface area contributed by atoms with Gasteiger partial charge in [-0.25, -0.2) is 4.79 Å². The van der Waals surface area contributed by atoms with Gasteiger partial charge in [0.15, 0.2) is 0 Å². The first-order chi connectivity index (χ1) is 8.38. The van der Waals surface area contributed by atoms with Crippen molar-refractivity contribution in [2.45, 2.75) is 65.5 Å². The van der Waals surface area contributed by atoms with Crippen molar-refractivity contribution in [3.05, 3.63) is 0 Å². The van der Waals surface area contributed by atoms with Crippen LogP contribution in [0, 0.1) is 5.92 Å². The van der Waals surface area contributed by atoms with Gasteiger partial charge in [0, 0.05) is 12.1 Å². The quantitative estimate of drug-likeness (QED) is 0.625. The Morgan fingerprint density at radius 1 is 1.11 bits per heavy atom. The minimum atomic E-state index is -0.894. The van der Waals surface area contributed by atoms with Gasteiger partial charge < -0.3 is 15.7 Å². The predicted molar refractivity (Wildman–Crippen MR) is 71.5 cm³/mol. The number of carbonyl (C=O) groups is 2. The summed E-state index contributed by atoms with van der Waals surface area (Å²) in [5, 5.41) is 14.2. The van der Waals surface area contributed by atoms with Gasteiger partial charge in [0.05, 0.1) is 6.42 Å². The van der Waals surface area contributed by atoms with E-state index in [0.717, 1.165) is 12.8 Å².